The van der Waals surface area contributed by atoms with E-state index in [0.717, 1.165) is 55.5 Å². The summed E-state index contributed by atoms with van der Waals surface area (Å²) in [5.74, 6) is 1.92. The number of nitrogens with zero attached hydrogens (tertiary/aromatic N) is 4. The predicted molar refractivity (Wildman–Crippen MR) is 122 cm³/mol. The van der Waals surface area contributed by atoms with Gasteiger partial charge in [0.2, 0.25) is 0 Å². The fraction of sp³-hybridized carbons (Fsp3) is 0.375. The largest absolute Gasteiger partial charge is 0.493 e. The first-order valence-electron chi connectivity index (χ1n) is 10.8. The van der Waals surface area contributed by atoms with Crippen LogP contribution in [0.5, 0.6) is 11.5 Å². The van der Waals surface area contributed by atoms with Gasteiger partial charge in [0.1, 0.15) is 12.1 Å². The van der Waals surface area contributed by atoms with Gasteiger partial charge in [-0.15, -0.1) is 0 Å². The van der Waals surface area contributed by atoms with Crippen molar-refractivity contribution in [2.45, 2.75) is 25.4 Å². The van der Waals surface area contributed by atoms with Gasteiger partial charge in [0.05, 0.1) is 37.0 Å². The van der Waals surface area contributed by atoms with Crippen molar-refractivity contribution < 1.29 is 14.6 Å². The molecule has 0 unspecified atom stereocenters. The molecule has 8 nitrogen and oxygen atoms in total. The highest BCUT2D eigenvalue weighted by Gasteiger charge is 2.16. The standard InChI is InChI=1S/C24H27N5O3/c1-31-22-13-20-21(14-23(22)32-12-2-9-29-10-7-19(30)8-11-29)26-16-27-24(20)28-18-5-3-17(15-25)4-6-18/h3-6,13-14,16,19,30H,2,7-12H2,1H3,(H,26,27,28). The lowest BCUT2D eigenvalue weighted by atomic mass is 10.1. The number of aliphatic hydroxyl groups is 1. The first-order valence-corrected chi connectivity index (χ1v) is 10.8. The van der Waals surface area contributed by atoms with Crippen LogP contribution in [0.3, 0.4) is 0 Å². The number of aromatic nitrogens is 2. The van der Waals surface area contributed by atoms with E-state index in [2.05, 4.69) is 26.3 Å². The normalized spacial score (nSPS) is 14.8. The molecule has 166 valence electrons. The van der Waals surface area contributed by atoms with Crippen LogP contribution in [0, 0.1) is 11.3 Å². The average molecular weight is 434 g/mol. The maximum Gasteiger partial charge on any atom is 0.163 e. The van der Waals surface area contributed by atoms with E-state index in [-0.39, 0.29) is 6.10 Å². The van der Waals surface area contributed by atoms with Crippen LogP contribution in [0.15, 0.2) is 42.7 Å². The van der Waals surface area contributed by atoms with Gasteiger partial charge in [-0.05, 0) is 49.6 Å². The van der Waals surface area contributed by atoms with E-state index in [4.69, 9.17) is 14.7 Å². The molecule has 8 heteroatoms. The van der Waals surface area contributed by atoms with Crippen molar-refractivity contribution in [3.8, 4) is 17.6 Å². The fourth-order valence-corrected chi connectivity index (χ4v) is 3.81. The molecule has 3 aromatic rings. The third-order valence-corrected chi connectivity index (χ3v) is 5.63. The molecule has 0 radical (unpaired) electrons. The average Bonchev–Trinajstić information content (AvgIpc) is 2.83. The van der Waals surface area contributed by atoms with Gasteiger partial charge >= 0.3 is 0 Å². The summed E-state index contributed by atoms with van der Waals surface area (Å²) < 4.78 is 11.6. The number of rotatable bonds is 8. The molecule has 32 heavy (non-hydrogen) atoms. The van der Waals surface area contributed by atoms with Crippen LogP contribution in [0.25, 0.3) is 10.9 Å². The zero-order valence-electron chi connectivity index (χ0n) is 18.1. The van der Waals surface area contributed by atoms with Crippen molar-refractivity contribution in [3.63, 3.8) is 0 Å². The molecule has 1 aromatic heterocycles. The zero-order valence-corrected chi connectivity index (χ0v) is 18.1. The van der Waals surface area contributed by atoms with Gasteiger partial charge in [0.15, 0.2) is 11.5 Å². The maximum atomic E-state index is 9.62. The van der Waals surface area contributed by atoms with Crippen molar-refractivity contribution in [2.75, 3.05) is 38.7 Å². The Hall–Kier alpha value is -3.41. The molecule has 1 aliphatic heterocycles. The second-order valence-corrected chi connectivity index (χ2v) is 7.83. The van der Waals surface area contributed by atoms with Crippen LogP contribution < -0.4 is 14.8 Å². The third-order valence-electron chi connectivity index (χ3n) is 5.63. The van der Waals surface area contributed by atoms with Crippen molar-refractivity contribution in [3.05, 3.63) is 48.3 Å². The molecule has 0 atom stereocenters. The van der Waals surface area contributed by atoms with Gasteiger partial charge in [-0.1, -0.05) is 0 Å². The smallest absolute Gasteiger partial charge is 0.163 e. The maximum absolute atomic E-state index is 9.62. The second kappa shape index (κ2) is 10.3. The van der Waals surface area contributed by atoms with Crippen molar-refractivity contribution >= 4 is 22.4 Å². The molecule has 1 fully saturated rings. The highest BCUT2D eigenvalue weighted by molar-refractivity contribution is 5.93. The highest BCUT2D eigenvalue weighted by Crippen LogP contribution is 2.34. The number of ether oxygens (including phenoxy) is 2. The Balaban J connectivity index is 1.44. The number of benzene rings is 2. The summed E-state index contributed by atoms with van der Waals surface area (Å²) in [6, 6.07) is 13.0. The Bertz CT molecular complexity index is 1090. The summed E-state index contributed by atoms with van der Waals surface area (Å²) in [4.78, 5) is 11.1. The summed E-state index contributed by atoms with van der Waals surface area (Å²) in [6.07, 6.45) is 3.94. The van der Waals surface area contributed by atoms with E-state index in [1.54, 1.807) is 19.2 Å². The van der Waals surface area contributed by atoms with E-state index in [9.17, 15) is 5.11 Å². The number of nitrogens with one attached hydrogen (secondary N) is 1. The Morgan fingerprint density at radius 1 is 1.16 bits per heavy atom. The summed E-state index contributed by atoms with van der Waals surface area (Å²) in [5.41, 5.74) is 2.18. The highest BCUT2D eigenvalue weighted by atomic mass is 16.5. The number of fused-ring (bicyclic) bond motifs is 1. The molecule has 0 amide bonds. The minimum atomic E-state index is -0.150. The molecule has 0 aliphatic carbocycles. The fourth-order valence-electron chi connectivity index (χ4n) is 3.81. The molecular weight excluding hydrogens is 406 g/mol. The lowest BCUT2D eigenvalue weighted by Crippen LogP contribution is -2.36. The van der Waals surface area contributed by atoms with Gasteiger partial charge in [-0.2, -0.15) is 5.26 Å². The Morgan fingerprint density at radius 3 is 2.66 bits per heavy atom. The molecule has 0 spiro atoms. The van der Waals surface area contributed by atoms with Crippen molar-refractivity contribution in [1.82, 2.24) is 14.9 Å². The molecule has 2 N–H and O–H groups in total. The second-order valence-electron chi connectivity index (χ2n) is 7.83. The first-order chi connectivity index (χ1) is 15.7. The van der Waals surface area contributed by atoms with Crippen LogP contribution in [0.2, 0.25) is 0 Å². The van der Waals surface area contributed by atoms with Crippen molar-refractivity contribution in [1.29, 1.82) is 5.26 Å². The lowest BCUT2D eigenvalue weighted by molar-refractivity contribution is 0.0799. The first kappa shape index (κ1) is 21.8. The quantitative estimate of drug-likeness (QED) is 0.521. The van der Waals surface area contributed by atoms with E-state index >= 15 is 0 Å². The zero-order chi connectivity index (χ0) is 22.3. The SMILES string of the molecule is COc1cc2c(Nc3ccc(C#N)cc3)ncnc2cc1OCCCN1CCC(O)CC1. The minimum absolute atomic E-state index is 0.150. The molecule has 2 heterocycles. The van der Waals surface area contributed by atoms with Gasteiger partial charge in [0.25, 0.3) is 0 Å². The number of likely N-dealkylation sites (tertiary alicyclic amines) is 1. The lowest BCUT2D eigenvalue weighted by Gasteiger charge is -2.29. The monoisotopic (exact) mass is 433 g/mol. The molecular formula is C24H27N5O3. The summed E-state index contributed by atoms with van der Waals surface area (Å²) >= 11 is 0. The summed E-state index contributed by atoms with van der Waals surface area (Å²) in [7, 11) is 1.62. The summed E-state index contributed by atoms with van der Waals surface area (Å²) in [6.45, 7) is 3.39. The Kier molecular flexibility index (Phi) is 7.00. The van der Waals surface area contributed by atoms with Gasteiger partial charge in [0, 0.05) is 36.8 Å². The number of hydrogen-bond donors (Lipinski definition) is 2. The predicted octanol–water partition coefficient (Wildman–Crippen LogP) is 3.48. The molecule has 1 saturated heterocycles. The van der Waals surface area contributed by atoms with Crippen LogP contribution >= 0.6 is 0 Å². The third kappa shape index (κ3) is 5.25. The molecule has 0 saturated carbocycles. The molecule has 1 aliphatic rings. The number of piperidine rings is 1. The van der Waals surface area contributed by atoms with Crippen LogP contribution in [-0.4, -0.2) is 59.4 Å². The summed E-state index contributed by atoms with van der Waals surface area (Å²) in [5, 5.41) is 22.7. The van der Waals surface area contributed by atoms with Crippen LogP contribution in [0.1, 0.15) is 24.8 Å². The number of anilines is 2. The number of methoxy groups -OCH3 is 1. The Labute approximate surface area is 187 Å². The van der Waals surface area contributed by atoms with Gasteiger partial charge in [-0.25, -0.2) is 9.97 Å². The Morgan fingerprint density at radius 2 is 1.94 bits per heavy atom. The topological polar surface area (TPSA) is 104 Å². The van der Waals surface area contributed by atoms with E-state index in [1.165, 1.54) is 6.33 Å². The van der Waals surface area contributed by atoms with Crippen LogP contribution in [-0.2, 0) is 0 Å². The molecule has 4 rings (SSSR count). The van der Waals surface area contributed by atoms with Crippen LogP contribution in [0.4, 0.5) is 11.5 Å². The number of nitriles is 1. The number of hydrogen-bond acceptors (Lipinski definition) is 8. The minimum Gasteiger partial charge on any atom is -0.493 e. The van der Waals surface area contributed by atoms with E-state index in [0.29, 0.717) is 29.5 Å². The van der Waals surface area contributed by atoms with Gasteiger partial charge in [-0.3, -0.25) is 0 Å². The molecule has 2 aromatic carbocycles. The van der Waals surface area contributed by atoms with Gasteiger partial charge < -0.3 is 24.8 Å². The van der Waals surface area contributed by atoms with Crippen molar-refractivity contribution in [2.24, 2.45) is 0 Å². The number of aliphatic hydroxyl groups excluding tert-OH is 1. The molecule has 0 bridgehead atoms. The van der Waals surface area contributed by atoms with E-state index in [1.807, 2.05) is 24.3 Å². The van der Waals surface area contributed by atoms with E-state index < -0.39 is 0 Å².